The number of fused-ring (bicyclic) bond motifs is 1. The highest BCUT2D eigenvalue weighted by Crippen LogP contribution is 2.32. The Morgan fingerprint density at radius 1 is 0.818 bits per heavy atom. The molecule has 0 aliphatic carbocycles. The van der Waals surface area contributed by atoms with Crippen molar-refractivity contribution in [2.45, 2.75) is 26.9 Å². The summed E-state index contributed by atoms with van der Waals surface area (Å²) >= 11 is 0. The van der Waals surface area contributed by atoms with Crippen molar-refractivity contribution in [3.05, 3.63) is 114 Å². The first-order valence-electron chi connectivity index (χ1n) is 13.5. The predicted octanol–water partition coefficient (Wildman–Crippen LogP) is 7.21. The molecule has 0 spiro atoms. The molecule has 12 heteroatoms. The van der Waals surface area contributed by atoms with Gasteiger partial charge in [0.05, 0.1) is 46.9 Å². The zero-order valence-electron chi connectivity index (χ0n) is 23.8. The third-order valence-electron chi connectivity index (χ3n) is 6.92. The summed E-state index contributed by atoms with van der Waals surface area (Å²) < 4.78 is 42.6. The Labute approximate surface area is 249 Å². The number of carbonyl (C=O) groups excluding carboxylic acids is 1. The number of anilines is 3. The van der Waals surface area contributed by atoms with Crippen LogP contribution in [0.1, 0.15) is 32.9 Å². The van der Waals surface area contributed by atoms with Crippen LogP contribution in [0.15, 0.2) is 85.7 Å². The smallest absolute Gasteiger partial charge is 0.323 e. The molecule has 44 heavy (non-hydrogen) atoms. The second-order valence-electron chi connectivity index (χ2n) is 10.3. The number of alkyl halides is 3. The number of pyridine rings is 2. The van der Waals surface area contributed by atoms with Crippen LogP contribution in [0.2, 0.25) is 0 Å². The Kier molecular flexibility index (Phi) is 7.25. The fourth-order valence-electron chi connectivity index (χ4n) is 4.61. The normalized spacial score (nSPS) is 11.5. The lowest BCUT2D eigenvalue weighted by atomic mass is 10.0. The van der Waals surface area contributed by atoms with Crippen LogP contribution in [-0.4, -0.2) is 35.4 Å². The van der Waals surface area contributed by atoms with E-state index in [-0.39, 0.29) is 11.3 Å². The lowest BCUT2D eigenvalue weighted by molar-refractivity contribution is -0.137. The van der Waals surface area contributed by atoms with Crippen molar-refractivity contribution in [2.24, 2.45) is 0 Å². The van der Waals surface area contributed by atoms with Crippen LogP contribution in [0.4, 0.5) is 30.5 Å². The molecule has 4 heterocycles. The molecule has 0 radical (unpaired) electrons. The Balaban J connectivity index is 1.27. The maximum Gasteiger partial charge on any atom is 0.416 e. The second kappa shape index (κ2) is 11.2. The number of rotatable bonds is 6. The third kappa shape index (κ3) is 6.09. The molecule has 0 atom stereocenters. The highest BCUT2D eigenvalue weighted by atomic mass is 19.4. The Morgan fingerprint density at radius 3 is 2.36 bits per heavy atom. The molecular weight excluding hydrogens is 569 g/mol. The van der Waals surface area contributed by atoms with E-state index in [9.17, 15) is 18.0 Å². The van der Waals surface area contributed by atoms with Crippen LogP contribution in [0.5, 0.6) is 0 Å². The Morgan fingerprint density at radius 2 is 1.64 bits per heavy atom. The fourth-order valence-corrected chi connectivity index (χ4v) is 4.61. The molecular formula is C32H25F3N8O. The highest BCUT2D eigenvalue weighted by molar-refractivity contribution is 6.05. The molecule has 220 valence electrons. The van der Waals surface area contributed by atoms with Crippen molar-refractivity contribution in [2.75, 3.05) is 10.6 Å². The number of imidazole rings is 1. The lowest BCUT2D eigenvalue weighted by Gasteiger charge is -2.14. The van der Waals surface area contributed by atoms with Crippen LogP contribution in [0.25, 0.3) is 27.8 Å². The summed E-state index contributed by atoms with van der Waals surface area (Å²) in [5.41, 5.74) is 4.65. The number of halogens is 3. The fraction of sp³-hybridized carbons (Fsp3) is 0.125. The van der Waals surface area contributed by atoms with E-state index in [0.29, 0.717) is 28.5 Å². The van der Waals surface area contributed by atoms with E-state index >= 15 is 0 Å². The van der Waals surface area contributed by atoms with E-state index in [1.807, 2.05) is 38.1 Å². The van der Waals surface area contributed by atoms with E-state index in [1.54, 1.807) is 43.8 Å². The quantitative estimate of drug-likeness (QED) is 0.210. The number of nitrogens with zero attached hydrogens (tertiary/aromatic N) is 6. The number of aromatic nitrogens is 6. The first-order chi connectivity index (χ1) is 21.0. The monoisotopic (exact) mass is 594 g/mol. The highest BCUT2D eigenvalue weighted by Gasteiger charge is 2.32. The summed E-state index contributed by atoms with van der Waals surface area (Å²) in [4.78, 5) is 35.1. The van der Waals surface area contributed by atoms with Crippen LogP contribution >= 0.6 is 0 Å². The van der Waals surface area contributed by atoms with Crippen molar-refractivity contribution >= 4 is 34.1 Å². The summed E-state index contributed by atoms with van der Waals surface area (Å²) in [6.07, 6.45) is 3.37. The van der Waals surface area contributed by atoms with Gasteiger partial charge in [0, 0.05) is 46.0 Å². The maximum atomic E-state index is 13.7. The largest absolute Gasteiger partial charge is 0.416 e. The summed E-state index contributed by atoms with van der Waals surface area (Å²) in [7, 11) is 0. The number of hydrogen-bond donors (Lipinski definition) is 2. The van der Waals surface area contributed by atoms with Gasteiger partial charge < -0.3 is 15.2 Å². The number of carbonyl (C=O) groups is 1. The van der Waals surface area contributed by atoms with E-state index in [4.69, 9.17) is 0 Å². The number of aryl methyl sites for hydroxylation is 3. The van der Waals surface area contributed by atoms with Gasteiger partial charge in [0.25, 0.3) is 5.91 Å². The van der Waals surface area contributed by atoms with Crippen LogP contribution in [-0.2, 0) is 6.18 Å². The minimum atomic E-state index is -4.64. The standard InChI is InChI=1S/C32H25F3N8O/c1-18-4-6-24(40-30(44)21-8-23(32(33,34)35)11-26(9-21)43-16-20(3)39-17-43)12-27(18)28-10-22-13-38-31(42-29(22)15-37-28)41-25-7-5-19(2)36-14-25/h4-17H,1-3H3,(H,40,44)(H,38,41,42). The summed E-state index contributed by atoms with van der Waals surface area (Å²) in [6.45, 7) is 5.53. The zero-order valence-corrected chi connectivity index (χ0v) is 23.8. The van der Waals surface area contributed by atoms with Gasteiger partial charge in [-0.2, -0.15) is 13.2 Å². The molecule has 0 bridgehead atoms. The van der Waals surface area contributed by atoms with Gasteiger partial charge in [-0.05, 0) is 74.9 Å². The van der Waals surface area contributed by atoms with E-state index in [1.165, 1.54) is 17.0 Å². The van der Waals surface area contributed by atoms with E-state index in [0.717, 1.165) is 40.0 Å². The summed E-state index contributed by atoms with van der Waals surface area (Å²) in [5, 5.41) is 6.61. The minimum absolute atomic E-state index is 0.143. The molecule has 4 aromatic heterocycles. The number of nitrogens with one attached hydrogen (secondary N) is 2. The number of hydrogen-bond acceptors (Lipinski definition) is 7. The van der Waals surface area contributed by atoms with Gasteiger partial charge in [-0.15, -0.1) is 0 Å². The van der Waals surface area contributed by atoms with Crippen LogP contribution < -0.4 is 10.6 Å². The van der Waals surface area contributed by atoms with Crippen molar-refractivity contribution < 1.29 is 18.0 Å². The average molecular weight is 595 g/mol. The molecule has 6 aromatic rings. The van der Waals surface area contributed by atoms with Gasteiger partial charge in [0.2, 0.25) is 5.95 Å². The van der Waals surface area contributed by atoms with Crippen LogP contribution in [0, 0.1) is 20.8 Å². The van der Waals surface area contributed by atoms with Gasteiger partial charge in [0.15, 0.2) is 0 Å². The Hall–Kier alpha value is -5.65. The van der Waals surface area contributed by atoms with Crippen molar-refractivity contribution in [1.29, 1.82) is 0 Å². The zero-order chi connectivity index (χ0) is 31.0. The predicted molar refractivity (Wildman–Crippen MR) is 161 cm³/mol. The molecule has 2 N–H and O–H groups in total. The van der Waals surface area contributed by atoms with Gasteiger partial charge in [0.1, 0.15) is 0 Å². The average Bonchev–Trinajstić information content (AvgIpc) is 3.44. The van der Waals surface area contributed by atoms with Gasteiger partial charge in [-0.1, -0.05) is 6.07 Å². The Bertz CT molecular complexity index is 2020. The molecule has 0 unspecified atom stereocenters. The summed E-state index contributed by atoms with van der Waals surface area (Å²) in [5.74, 6) is -0.285. The molecule has 6 rings (SSSR count). The first-order valence-corrected chi connectivity index (χ1v) is 13.5. The molecule has 9 nitrogen and oxygen atoms in total. The molecule has 1 amide bonds. The van der Waals surface area contributed by atoms with E-state index in [2.05, 4.69) is 35.6 Å². The summed E-state index contributed by atoms with van der Waals surface area (Å²) in [6, 6.07) is 14.0. The SMILES string of the molecule is Cc1ccc(Nc2ncc3cc(-c4cc(NC(=O)c5cc(-n6cnc(C)c6)cc(C(F)(F)F)c5)ccc4C)ncc3n2)cn1. The van der Waals surface area contributed by atoms with Gasteiger partial charge in [-0.25, -0.2) is 15.0 Å². The second-order valence-corrected chi connectivity index (χ2v) is 10.3. The van der Waals surface area contributed by atoms with Crippen molar-refractivity contribution in [1.82, 2.24) is 29.5 Å². The first kappa shape index (κ1) is 28.5. The van der Waals surface area contributed by atoms with Gasteiger partial charge in [-0.3, -0.25) is 14.8 Å². The van der Waals surface area contributed by atoms with E-state index < -0.39 is 17.6 Å². The minimum Gasteiger partial charge on any atom is -0.323 e. The molecule has 2 aromatic carbocycles. The lowest BCUT2D eigenvalue weighted by Crippen LogP contribution is -2.15. The third-order valence-corrected chi connectivity index (χ3v) is 6.92. The van der Waals surface area contributed by atoms with Crippen LogP contribution in [0.3, 0.4) is 0 Å². The molecule has 0 aliphatic heterocycles. The topological polar surface area (TPSA) is 111 Å². The molecule has 0 saturated heterocycles. The van der Waals surface area contributed by atoms with Crippen molar-refractivity contribution in [3.8, 4) is 16.9 Å². The van der Waals surface area contributed by atoms with Crippen molar-refractivity contribution in [3.63, 3.8) is 0 Å². The molecule has 0 saturated carbocycles. The van der Waals surface area contributed by atoms with Gasteiger partial charge >= 0.3 is 6.18 Å². The number of benzene rings is 2. The molecule has 0 fully saturated rings. The molecule has 0 aliphatic rings. The number of amides is 1. The maximum absolute atomic E-state index is 13.7.